The molecule has 0 radical (unpaired) electrons. The Balaban J connectivity index is 1.95. The summed E-state index contributed by atoms with van der Waals surface area (Å²) >= 11 is 3.34. The van der Waals surface area contributed by atoms with Gasteiger partial charge in [-0.3, -0.25) is 4.79 Å². The normalized spacial score (nSPS) is 18.8. The van der Waals surface area contributed by atoms with E-state index in [4.69, 9.17) is 5.73 Å². The maximum atomic E-state index is 12.2. The summed E-state index contributed by atoms with van der Waals surface area (Å²) in [5, 5.41) is 3.03. The van der Waals surface area contributed by atoms with Crippen molar-refractivity contribution in [3.8, 4) is 0 Å². The fourth-order valence-electron chi connectivity index (χ4n) is 2.46. The number of nitrogens with two attached hydrogens (primary N) is 1. The van der Waals surface area contributed by atoms with Crippen molar-refractivity contribution in [3.05, 3.63) is 28.2 Å². The summed E-state index contributed by atoms with van der Waals surface area (Å²) < 4.78 is 0.883. The Morgan fingerprint density at radius 1 is 1.45 bits per heavy atom. The van der Waals surface area contributed by atoms with Gasteiger partial charge in [-0.05, 0) is 56.6 Å². The van der Waals surface area contributed by atoms with E-state index in [0.29, 0.717) is 17.8 Å². The van der Waals surface area contributed by atoms with Crippen molar-refractivity contribution in [2.75, 3.05) is 32.4 Å². The molecule has 1 heterocycles. The number of anilines is 1. The highest BCUT2D eigenvalue weighted by atomic mass is 79.9. The van der Waals surface area contributed by atoms with E-state index in [9.17, 15) is 4.79 Å². The molecule has 1 fully saturated rings. The summed E-state index contributed by atoms with van der Waals surface area (Å²) in [7, 11) is 2.14. The third-order valence-corrected chi connectivity index (χ3v) is 4.62. The van der Waals surface area contributed by atoms with Crippen molar-refractivity contribution >= 4 is 27.5 Å². The molecule has 1 aromatic carbocycles. The van der Waals surface area contributed by atoms with Crippen LogP contribution in [-0.2, 0) is 0 Å². The number of halogens is 1. The van der Waals surface area contributed by atoms with Crippen LogP contribution in [0.3, 0.4) is 0 Å². The summed E-state index contributed by atoms with van der Waals surface area (Å²) in [5.74, 6) is -0.0878. The third kappa shape index (κ3) is 3.73. The van der Waals surface area contributed by atoms with Crippen LogP contribution in [0.15, 0.2) is 22.7 Å². The maximum Gasteiger partial charge on any atom is 0.253 e. The van der Waals surface area contributed by atoms with Gasteiger partial charge in [-0.1, -0.05) is 22.9 Å². The fraction of sp³-hybridized carbons (Fsp3) is 0.533. The molecule has 20 heavy (non-hydrogen) atoms. The van der Waals surface area contributed by atoms with Gasteiger partial charge in [-0.15, -0.1) is 0 Å². The topological polar surface area (TPSA) is 58.4 Å². The number of piperidine rings is 1. The van der Waals surface area contributed by atoms with Crippen LogP contribution < -0.4 is 11.1 Å². The van der Waals surface area contributed by atoms with Crippen molar-refractivity contribution in [2.24, 2.45) is 5.41 Å². The molecule has 1 aliphatic heterocycles. The molecule has 3 N–H and O–H groups in total. The van der Waals surface area contributed by atoms with Crippen molar-refractivity contribution in [1.82, 2.24) is 10.2 Å². The molecule has 0 atom stereocenters. The molecule has 2 rings (SSSR count). The number of hydrogen-bond acceptors (Lipinski definition) is 3. The van der Waals surface area contributed by atoms with Gasteiger partial charge in [0, 0.05) is 16.7 Å². The van der Waals surface area contributed by atoms with Crippen LogP contribution in [0.4, 0.5) is 5.69 Å². The molecular weight excluding hydrogens is 318 g/mol. The van der Waals surface area contributed by atoms with Gasteiger partial charge < -0.3 is 16.0 Å². The molecule has 110 valence electrons. The lowest BCUT2D eigenvalue weighted by molar-refractivity contribution is 0.0892. The number of carbonyl (C=O) groups excluding carboxylic acids is 1. The minimum Gasteiger partial charge on any atom is -0.398 e. The Hall–Kier alpha value is -1.07. The van der Waals surface area contributed by atoms with Crippen molar-refractivity contribution in [1.29, 1.82) is 0 Å². The second kappa shape index (κ2) is 6.14. The molecule has 5 heteroatoms. The highest BCUT2D eigenvalue weighted by Gasteiger charge is 2.29. The Kier molecular flexibility index (Phi) is 4.70. The first-order chi connectivity index (χ1) is 9.39. The van der Waals surface area contributed by atoms with Gasteiger partial charge in [-0.2, -0.15) is 0 Å². The standard InChI is InChI=1S/C15H22BrN3O/c1-15(5-7-19(2)8-6-15)10-18-14(20)12-4-3-11(16)9-13(12)17/h3-4,9H,5-8,10,17H2,1-2H3,(H,18,20). The van der Waals surface area contributed by atoms with Crippen LogP contribution in [0.1, 0.15) is 30.1 Å². The van der Waals surface area contributed by atoms with Gasteiger partial charge in [0.25, 0.3) is 5.91 Å². The molecule has 0 aliphatic carbocycles. The lowest BCUT2D eigenvalue weighted by Crippen LogP contribution is -2.43. The van der Waals surface area contributed by atoms with E-state index in [1.165, 1.54) is 0 Å². The van der Waals surface area contributed by atoms with Crippen LogP contribution in [0, 0.1) is 5.41 Å². The van der Waals surface area contributed by atoms with Crippen molar-refractivity contribution in [3.63, 3.8) is 0 Å². The van der Waals surface area contributed by atoms with Crippen molar-refractivity contribution < 1.29 is 4.79 Å². The summed E-state index contributed by atoms with van der Waals surface area (Å²) in [5.41, 5.74) is 7.12. The lowest BCUT2D eigenvalue weighted by Gasteiger charge is -2.38. The second-order valence-corrected chi connectivity index (χ2v) is 6.94. The molecule has 1 aromatic rings. The first kappa shape index (κ1) is 15.3. The number of carbonyl (C=O) groups is 1. The van der Waals surface area contributed by atoms with Gasteiger partial charge >= 0.3 is 0 Å². The minimum atomic E-state index is -0.0878. The zero-order valence-electron chi connectivity index (χ0n) is 12.1. The average molecular weight is 340 g/mol. The van der Waals surface area contributed by atoms with E-state index in [-0.39, 0.29) is 11.3 Å². The monoisotopic (exact) mass is 339 g/mol. The fourth-order valence-corrected chi connectivity index (χ4v) is 2.84. The van der Waals surface area contributed by atoms with Gasteiger partial charge in [0.15, 0.2) is 0 Å². The smallest absolute Gasteiger partial charge is 0.253 e. The van der Waals surface area contributed by atoms with Gasteiger partial charge in [0.05, 0.1) is 5.56 Å². The van der Waals surface area contributed by atoms with E-state index in [1.807, 2.05) is 6.07 Å². The van der Waals surface area contributed by atoms with Gasteiger partial charge in [0.2, 0.25) is 0 Å². The predicted molar refractivity (Wildman–Crippen MR) is 85.7 cm³/mol. The zero-order chi connectivity index (χ0) is 14.8. The van der Waals surface area contributed by atoms with E-state index in [1.54, 1.807) is 12.1 Å². The molecule has 1 amide bonds. The number of nitrogens with zero attached hydrogens (tertiary/aromatic N) is 1. The highest BCUT2D eigenvalue weighted by Crippen LogP contribution is 2.29. The SMILES string of the molecule is CN1CCC(C)(CNC(=O)c2ccc(Br)cc2N)CC1. The third-order valence-electron chi connectivity index (χ3n) is 4.13. The predicted octanol–water partition coefficient (Wildman–Crippen LogP) is 2.49. The molecule has 0 bridgehead atoms. The Morgan fingerprint density at radius 3 is 2.70 bits per heavy atom. The first-order valence-corrected chi connectivity index (χ1v) is 7.71. The number of hydrogen-bond donors (Lipinski definition) is 2. The average Bonchev–Trinajstić information content (AvgIpc) is 2.40. The van der Waals surface area contributed by atoms with Crippen LogP contribution in [0.25, 0.3) is 0 Å². The van der Waals surface area contributed by atoms with Crippen LogP contribution in [0.5, 0.6) is 0 Å². The molecule has 0 unspecified atom stereocenters. The number of amides is 1. The molecule has 1 saturated heterocycles. The second-order valence-electron chi connectivity index (χ2n) is 6.03. The number of likely N-dealkylation sites (tertiary alicyclic amines) is 1. The van der Waals surface area contributed by atoms with E-state index < -0.39 is 0 Å². The largest absolute Gasteiger partial charge is 0.398 e. The first-order valence-electron chi connectivity index (χ1n) is 6.91. The maximum absolute atomic E-state index is 12.2. The summed E-state index contributed by atoms with van der Waals surface area (Å²) in [6, 6.07) is 5.35. The zero-order valence-corrected chi connectivity index (χ0v) is 13.7. The quantitative estimate of drug-likeness (QED) is 0.832. The van der Waals surface area contributed by atoms with E-state index in [2.05, 4.69) is 40.1 Å². The molecule has 4 nitrogen and oxygen atoms in total. The van der Waals surface area contributed by atoms with E-state index >= 15 is 0 Å². The number of benzene rings is 1. The molecule has 1 aliphatic rings. The van der Waals surface area contributed by atoms with Gasteiger partial charge in [-0.25, -0.2) is 0 Å². The molecule has 0 spiro atoms. The van der Waals surface area contributed by atoms with E-state index in [0.717, 1.165) is 30.4 Å². The van der Waals surface area contributed by atoms with Gasteiger partial charge in [0.1, 0.15) is 0 Å². The molecule has 0 aromatic heterocycles. The minimum absolute atomic E-state index is 0.0878. The lowest BCUT2D eigenvalue weighted by atomic mass is 9.80. The Morgan fingerprint density at radius 2 is 2.10 bits per heavy atom. The Bertz CT molecular complexity index is 496. The molecular formula is C15H22BrN3O. The molecule has 0 saturated carbocycles. The summed E-state index contributed by atoms with van der Waals surface area (Å²) in [6.45, 7) is 5.12. The Labute approximate surface area is 128 Å². The summed E-state index contributed by atoms with van der Waals surface area (Å²) in [4.78, 5) is 14.5. The van der Waals surface area contributed by atoms with Crippen LogP contribution in [-0.4, -0.2) is 37.5 Å². The highest BCUT2D eigenvalue weighted by molar-refractivity contribution is 9.10. The van der Waals surface area contributed by atoms with Crippen LogP contribution >= 0.6 is 15.9 Å². The van der Waals surface area contributed by atoms with Crippen LogP contribution in [0.2, 0.25) is 0 Å². The number of nitrogens with one attached hydrogen (secondary N) is 1. The number of rotatable bonds is 3. The van der Waals surface area contributed by atoms with Crippen molar-refractivity contribution in [2.45, 2.75) is 19.8 Å². The summed E-state index contributed by atoms with van der Waals surface area (Å²) in [6.07, 6.45) is 2.22. The number of nitrogen functional groups attached to an aromatic ring is 1.